The van der Waals surface area contributed by atoms with E-state index in [1.807, 2.05) is 24.3 Å². The van der Waals surface area contributed by atoms with Crippen LogP contribution in [0.15, 0.2) is 60.8 Å². The summed E-state index contributed by atoms with van der Waals surface area (Å²) in [5.41, 5.74) is 8.71. The minimum atomic E-state index is -1.36. The molecule has 3 rings (SSSR count). The molecule has 0 aliphatic rings. The Morgan fingerprint density at radius 1 is 0.837 bits per heavy atom. The number of rotatable bonds is 16. The molecule has 0 spiro atoms. The van der Waals surface area contributed by atoms with Crippen LogP contribution in [0.4, 0.5) is 0 Å². The number of aromatic amines is 1. The van der Waals surface area contributed by atoms with Crippen LogP contribution in [0.3, 0.4) is 0 Å². The molecule has 12 heteroatoms. The van der Waals surface area contributed by atoms with Gasteiger partial charge < -0.3 is 36.9 Å². The highest BCUT2D eigenvalue weighted by molar-refractivity contribution is 5.94. The molecule has 0 aliphatic heterocycles. The average molecular weight is 594 g/mol. The van der Waals surface area contributed by atoms with Crippen LogP contribution in [0.5, 0.6) is 0 Å². The van der Waals surface area contributed by atoms with Gasteiger partial charge in [0.05, 0.1) is 6.04 Å². The number of carboxylic acids is 2. The van der Waals surface area contributed by atoms with Crippen LogP contribution in [-0.4, -0.2) is 69.0 Å². The largest absolute Gasteiger partial charge is 0.481 e. The Hall–Kier alpha value is -4.71. The SMILES string of the molecule is CCC(C)C(NC(=O)C(CCC(=O)O)NC(=O)C(Cc1ccccc1)NC(=O)C(N)Cc1c[nH]c2ccccc12)C(=O)O. The third-order valence-corrected chi connectivity index (χ3v) is 7.42. The number of carbonyl (C=O) groups is 5. The molecule has 5 unspecified atom stereocenters. The maximum atomic E-state index is 13.6. The lowest BCUT2D eigenvalue weighted by Gasteiger charge is -2.26. The van der Waals surface area contributed by atoms with Crippen LogP contribution < -0.4 is 21.7 Å². The topological polar surface area (TPSA) is 204 Å². The van der Waals surface area contributed by atoms with Gasteiger partial charge >= 0.3 is 11.9 Å². The van der Waals surface area contributed by atoms with Gasteiger partial charge in [-0.3, -0.25) is 19.2 Å². The summed E-state index contributed by atoms with van der Waals surface area (Å²) in [7, 11) is 0. The molecule has 0 saturated carbocycles. The molecule has 43 heavy (non-hydrogen) atoms. The Kier molecular flexibility index (Phi) is 11.8. The lowest BCUT2D eigenvalue weighted by atomic mass is 9.98. The first kappa shape index (κ1) is 32.8. The summed E-state index contributed by atoms with van der Waals surface area (Å²) in [5.74, 6) is -5.01. The second-order valence-electron chi connectivity index (χ2n) is 10.6. The van der Waals surface area contributed by atoms with Gasteiger partial charge in [-0.1, -0.05) is 68.8 Å². The number of fused-ring (bicyclic) bond motifs is 1. The number of carbonyl (C=O) groups excluding carboxylic acids is 3. The average Bonchev–Trinajstić information content (AvgIpc) is 3.39. The van der Waals surface area contributed by atoms with Gasteiger partial charge in [0, 0.05) is 29.9 Å². The van der Waals surface area contributed by atoms with Crippen LogP contribution in [0.1, 0.15) is 44.2 Å². The van der Waals surface area contributed by atoms with Gasteiger partial charge in [-0.25, -0.2) is 4.79 Å². The summed E-state index contributed by atoms with van der Waals surface area (Å²) < 4.78 is 0. The number of aliphatic carboxylic acids is 2. The number of aromatic nitrogens is 1. The summed E-state index contributed by atoms with van der Waals surface area (Å²) in [6.45, 7) is 3.44. The number of amides is 3. The summed E-state index contributed by atoms with van der Waals surface area (Å²) in [5, 5.41) is 27.4. The van der Waals surface area contributed by atoms with Gasteiger partial charge in [0.2, 0.25) is 17.7 Å². The highest BCUT2D eigenvalue weighted by Gasteiger charge is 2.32. The van der Waals surface area contributed by atoms with E-state index in [2.05, 4.69) is 20.9 Å². The van der Waals surface area contributed by atoms with E-state index in [0.717, 1.165) is 22.0 Å². The minimum Gasteiger partial charge on any atom is -0.481 e. The van der Waals surface area contributed by atoms with Crippen molar-refractivity contribution in [1.82, 2.24) is 20.9 Å². The Balaban J connectivity index is 1.79. The van der Waals surface area contributed by atoms with Gasteiger partial charge in [0.25, 0.3) is 0 Å². The third kappa shape index (κ3) is 9.40. The summed E-state index contributed by atoms with van der Waals surface area (Å²) in [6, 6.07) is 11.7. The molecule has 0 bridgehead atoms. The van der Waals surface area contributed by atoms with E-state index in [1.54, 1.807) is 50.4 Å². The lowest BCUT2D eigenvalue weighted by Crippen LogP contribution is -2.58. The maximum Gasteiger partial charge on any atom is 0.326 e. The van der Waals surface area contributed by atoms with Crippen LogP contribution >= 0.6 is 0 Å². The molecule has 0 radical (unpaired) electrons. The molecular weight excluding hydrogens is 554 g/mol. The van der Waals surface area contributed by atoms with Crippen molar-refractivity contribution in [3.8, 4) is 0 Å². The predicted molar refractivity (Wildman–Crippen MR) is 160 cm³/mol. The fourth-order valence-corrected chi connectivity index (χ4v) is 4.71. The zero-order chi connectivity index (χ0) is 31.5. The van der Waals surface area contributed by atoms with Gasteiger partial charge in [0.15, 0.2) is 0 Å². The number of hydrogen-bond acceptors (Lipinski definition) is 6. The number of nitrogens with two attached hydrogens (primary N) is 1. The molecule has 1 aromatic heterocycles. The first-order valence-electron chi connectivity index (χ1n) is 14.2. The Morgan fingerprint density at radius 3 is 2.12 bits per heavy atom. The second kappa shape index (κ2) is 15.5. The molecule has 8 N–H and O–H groups in total. The van der Waals surface area contributed by atoms with Crippen LogP contribution in [-0.2, 0) is 36.8 Å². The van der Waals surface area contributed by atoms with E-state index in [-0.39, 0.29) is 19.3 Å². The fourth-order valence-electron chi connectivity index (χ4n) is 4.71. The molecule has 3 amide bonds. The summed E-state index contributed by atoms with van der Waals surface area (Å²) in [4.78, 5) is 66.1. The summed E-state index contributed by atoms with van der Waals surface area (Å²) in [6.07, 6.45) is 1.77. The zero-order valence-corrected chi connectivity index (χ0v) is 24.2. The molecule has 3 aromatic rings. The van der Waals surface area contributed by atoms with Crippen LogP contribution in [0, 0.1) is 5.92 Å². The Bertz CT molecular complexity index is 1420. The minimum absolute atomic E-state index is 0.0656. The fraction of sp³-hybridized carbons (Fsp3) is 0.387. The van der Waals surface area contributed by atoms with Crippen molar-refractivity contribution in [2.24, 2.45) is 11.7 Å². The van der Waals surface area contributed by atoms with E-state index in [9.17, 15) is 34.2 Å². The van der Waals surface area contributed by atoms with Gasteiger partial charge in [0.1, 0.15) is 18.1 Å². The smallest absolute Gasteiger partial charge is 0.326 e. The van der Waals surface area contributed by atoms with Gasteiger partial charge in [-0.2, -0.15) is 0 Å². The number of benzene rings is 2. The Labute approximate surface area is 249 Å². The molecule has 0 saturated heterocycles. The normalized spacial score (nSPS) is 14.6. The second-order valence-corrected chi connectivity index (χ2v) is 10.6. The number of H-pyrrole nitrogens is 1. The highest BCUT2D eigenvalue weighted by atomic mass is 16.4. The number of carboxylic acid groups (broad SMARTS) is 2. The first-order valence-corrected chi connectivity index (χ1v) is 14.2. The van der Waals surface area contributed by atoms with Crippen molar-refractivity contribution in [3.63, 3.8) is 0 Å². The zero-order valence-electron chi connectivity index (χ0n) is 24.2. The van der Waals surface area contributed by atoms with E-state index in [4.69, 9.17) is 5.73 Å². The van der Waals surface area contributed by atoms with E-state index >= 15 is 0 Å². The molecule has 230 valence electrons. The van der Waals surface area contributed by atoms with Crippen molar-refractivity contribution in [2.75, 3.05) is 0 Å². The van der Waals surface area contributed by atoms with Crippen molar-refractivity contribution in [3.05, 3.63) is 71.9 Å². The first-order chi connectivity index (χ1) is 20.5. The van der Waals surface area contributed by atoms with Crippen molar-refractivity contribution >= 4 is 40.6 Å². The van der Waals surface area contributed by atoms with Crippen molar-refractivity contribution in [2.45, 2.75) is 70.1 Å². The highest BCUT2D eigenvalue weighted by Crippen LogP contribution is 2.19. The molecule has 2 aromatic carbocycles. The monoisotopic (exact) mass is 593 g/mol. The third-order valence-electron chi connectivity index (χ3n) is 7.42. The number of nitrogens with one attached hydrogen (secondary N) is 4. The molecule has 1 heterocycles. The Morgan fingerprint density at radius 2 is 1.47 bits per heavy atom. The molecule has 0 aliphatic carbocycles. The number of para-hydroxylation sites is 1. The number of hydrogen-bond donors (Lipinski definition) is 7. The summed E-state index contributed by atoms with van der Waals surface area (Å²) >= 11 is 0. The lowest BCUT2D eigenvalue weighted by molar-refractivity contribution is -0.144. The maximum absolute atomic E-state index is 13.6. The molecule has 0 fully saturated rings. The van der Waals surface area contributed by atoms with Crippen LogP contribution in [0.25, 0.3) is 10.9 Å². The molecular formula is C31H39N5O7. The van der Waals surface area contributed by atoms with Crippen molar-refractivity contribution in [1.29, 1.82) is 0 Å². The van der Waals surface area contributed by atoms with E-state index in [0.29, 0.717) is 6.42 Å². The molecule has 5 atom stereocenters. The quantitative estimate of drug-likeness (QED) is 0.130. The van der Waals surface area contributed by atoms with Gasteiger partial charge in [-0.15, -0.1) is 0 Å². The van der Waals surface area contributed by atoms with Crippen LogP contribution in [0.2, 0.25) is 0 Å². The standard InChI is InChI=1S/C31H39N5O7/c1-3-18(2)27(31(42)43)36-29(40)24(13-14-26(37)38)34-30(41)25(15-19-9-5-4-6-10-19)35-28(39)22(32)16-20-17-33-23-12-8-7-11-21(20)23/h4-12,17-18,22,24-25,27,33H,3,13-16,32H2,1-2H3,(H,34,41)(H,35,39)(H,36,40)(H,37,38)(H,42,43). The van der Waals surface area contributed by atoms with Crippen molar-refractivity contribution < 1.29 is 34.2 Å². The van der Waals surface area contributed by atoms with E-state index < -0.39 is 66.2 Å². The molecule has 12 nitrogen and oxygen atoms in total. The van der Waals surface area contributed by atoms with E-state index in [1.165, 1.54) is 0 Å². The van der Waals surface area contributed by atoms with Gasteiger partial charge in [-0.05, 0) is 36.0 Å². The predicted octanol–water partition coefficient (Wildman–Crippen LogP) is 1.73.